The summed E-state index contributed by atoms with van der Waals surface area (Å²) < 4.78 is 29.7. The molecule has 7 nitrogen and oxygen atoms in total. The third-order valence-corrected chi connectivity index (χ3v) is 4.95. The van der Waals surface area contributed by atoms with Crippen molar-refractivity contribution in [2.24, 2.45) is 5.14 Å². The summed E-state index contributed by atoms with van der Waals surface area (Å²) in [5.41, 5.74) is 0.386. The van der Waals surface area contributed by atoms with E-state index in [4.69, 9.17) is 9.88 Å². The fourth-order valence-electron chi connectivity index (χ4n) is 2.76. The van der Waals surface area contributed by atoms with Crippen molar-refractivity contribution in [1.82, 2.24) is 0 Å². The molecule has 1 aromatic carbocycles. The van der Waals surface area contributed by atoms with Crippen LogP contribution in [0.15, 0.2) is 17.0 Å². The van der Waals surface area contributed by atoms with Crippen molar-refractivity contribution in [2.75, 3.05) is 24.6 Å². The van der Waals surface area contributed by atoms with Gasteiger partial charge in [0.05, 0.1) is 17.9 Å². The number of anilines is 1. The monoisotopic (exact) mass is 356 g/mol. The first kappa shape index (κ1) is 18.5. The van der Waals surface area contributed by atoms with E-state index in [2.05, 4.69) is 0 Å². The molecule has 0 unspecified atom stereocenters. The van der Waals surface area contributed by atoms with E-state index in [1.165, 1.54) is 6.07 Å². The van der Waals surface area contributed by atoms with Gasteiger partial charge in [0.1, 0.15) is 4.90 Å². The molecule has 1 aliphatic rings. The average Bonchev–Trinajstić information content (AvgIpc) is 2.54. The minimum atomic E-state index is -4.10. The molecule has 0 bridgehead atoms. The Hall–Kier alpha value is -1.80. The highest BCUT2D eigenvalue weighted by Gasteiger charge is 2.26. The van der Waals surface area contributed by atoms with Crippen LogP contribution >= 0.6 is 0 Å². The number of carboxylic acid groups (broad SMARTS) is 1. The normalized spacial score (nSPS) is 15.3. The lowest BCUT2D eigenvalue weighted by molar-refractivity contribution is 0.0696. The second-order valence-corrected chi connectivity index (χ2v) is 7.45. The SMILES string of the molecule is CCCCOc1c(N2CCCCC2)cc(C(=O)O)cc1S(N)(=O)=O. The summed E-state index contributed by atoms with van der Waals surface area (Å²) in [4.78, 5) is 13.1. The number of carboxylic acids is 1. The Morgan fingerprint density at radius 3 is 2.50 bits per heavy atom. The molecule has 134 valence electrons. The number of aromatic carboxylic acids is 1. The van der Waals surface area contributed by atoms with E-state index in [0.717, 1.165) is 51.3 Å². The number of unbranched alkanes of at least 4 members (excludes halogenated alkanes) is 1. The molecule has 0 spiro atoms. The first-order valence-corrected chi connectivity index (χ1v) is 9.71. The van der Waals surface area contributed by atoms with E-state index in [-0.39, 0.29) is 16.2 Å². The van der Waals surface area contributed by atoms with Crippen molar-refractivity contribution in [3.8, 4) is 5.75 Å². The van der Waals surface area contributed by atoms with Crippen LogP contribution in [0.5, 0.6) is 5.75 Å². The van der Waals surface area contributed by atoms with Gasteiger partial charge in [-0.3, -0.25) is 0 Å². The summed E-state index contributed by atoms with van der Waals surface area (Å²) in [5, 5.41) is 14.6. The minimum absolute atomic E-state index is 0.109. The Bertz CT molecular complexity index is 697. The van der Waals surface area contributed by atoms with Gasteiger partial charge in [0.25, 0.3) is 0 Å². The molecule has 1 saturated heterocycles. The molecule has 0 amide bonds. The summed E-state index contributed by atoms with van der Waals surface area (Å²) in [6.07, 6.45) is 4.71. The van der Waals surface area contributed by atoms with Crippen LogP contribution in [0.2, 0.25) is 0 Å². The van der Waals surface area contributed by atoms with Crippen LogP contribution in [0, 0.1) is 0 Å². The zero-order valence-electron chi connectivity index (χ0n) is 13.8. The molecule has 1 aliphatic heterocycles. The van der Waals surface area contributed by atoms with E-state index in [0.29, 0.717) is 12.3 Å². The van der Waals surface area contributed by atoms with Gasteiger partial charge in [0.15, 0.2) is 5.75 Å². The van der Waals surface area contributed by atoms with Crippen LogP contribution in [0.1, 0.15) is 49.4 Å². The van der Waals surface area contributed by atoms with Crippen molar-refractivity contribution in [1.29, 1.82) is 0 Å². The highest BCUT2D eigenvalue weighted by molar-refractivity contribution is 7.89. The molecule has 0 saturated carbocycles. The van der Waals surface area contributed by atoms with E-state index in [1.807, 2.05) is 11.8 Å². The summed E-state index contributed by atoms with van der Waals surface area (Å²) in [7, 11) is -4.10. The Morgan fingerprint density at radius 2 is 1.96 bits per heavy atom. The van der Waals surface area contributed by atoms with Crippen LogP contribution in [-0.2, 0) is 10.0 Å². The Balaban J connectivity index is 2.57. The highest BCUT2D eigenvalue weighted by atomic mass is 32.2. The largest absolute Gasteiger partial charge is 0.490 e. The molecule has 1 fully saturated rings. The van der Waals surface area contributed by atoms with Gasteiger partial charge in [-0.15, -0.1) is 0 Å². The summed E-state index contributed by atoms with van der Waals surface area (Å²) >= 11 is 0. The molecule has 8 heteroatoms. The Morgan fingerprint density at radius 1 is 1.29 bits per heavy atom. The van der Waals surface area contributed by atoms with Gasteiger partial charge in [-0.05, 0) is 37.8 Å². The molecule has 1 aromatic rings. The molecule has 0 aromatic heterocycles. The summed E-state index contributed by atoms with van der Waals surface area (Å²) in [6.45, 7) is 3.82. The molecular formula is C16H24N2O5S. The van der Waals surface area contributed by atoms with E-state index in [1.54, 1.807) is 0 Å². The number of hydrogen-bond acceptors (Lipinski definition) is 5. The first-order valence-electron chi connectivity index (χ1n) is 8.16. The van der Waals surface area contributed by atoms with Crippen LogP contribution in [-0.4, -0.2) is 39.2 Å². The van der Waals surface area contributed by atoms with E-state index in [9.17, 15) is 18.3 Å². The fourth-order valence-corrected chi connectivity index (χ4v) is 3.47. The zero-order valence-corrected chi connectivity index (χ0v) is 14.6. The minimum Gasteiger partial charge on any atom is -0.490 e. The van der Waals surface area contributed by atoms with Gasteiger partial charge < -0.3 is 14.7 Å². The first-order chi connectivity index (χ1) is 11.3. The smallest absolute Gasteiger partial charge is 0.335 e. The number of rotatable bonds is 7. The van der Waals surface area contributed by atoms with E-state index < -0.39 is 16.0 Å². The van der Waals surface area contributed by atoms with Gasteiger partial charge in [-0.25, -0.2) is 18.4 Å². The number of nitrogens with two attached hydrogens (primary N) is 1. The lowest BCUT2D eigenvalue weighted by Crippen LogP contribution is -2.30. The standard InChI is InChI=1S/C16H24N2O5S/c1-2-3-9-23-15-13(18-7-5-4-6-8-18)10-12(16(19)20)11-14(15)24(17,21)22/h10-11H,2-9H2,1H3,(H,19,20)(H2,17,21,22). The lowest BCUT2D eigenvalue weighted by Gasteiger charge is -2.31. The van der Waals surface area contributed by atoms with Crippen molar-refractivity contribution < 1.29 is 23.1 Å². The van der Waals surface area contributed by atoms with Gasteiger partial charge in [0, 0.05) is 13.1 Å². The molecule has 0 aliphatic carbocycles. The van der Waals surface area contributed by atoms with Crippen LogP contribution in [0.4, 0.5) is 5.69 Å². The number of primary sulfonamides is 1. The number of carbonyl (C=O) groups is 1. The van der Waals surface area contributed by atoms with Gasteiger partial charge >= 0.3 is 5.97 Å². The lowest BCUT2D eigenvalue weighted by atomic mass is 10.1. The number of sulfonamides is 1. The molecular weight excluding hydrogens is 332 g/mol. The Labute approximate surface area is 142 Å². The third-order valence-electron chi connectivity index (χ3n) is 4.03. The predicted molar refractivity (Wildman–Crippen MR) is 91.2 cm³/mol. The maximum absolute atomic E-state index is 12.0. The van der Waals surface area contributed by atoms with Crippen molar-refractivity contribution in [2.45, 2.75) is 43.9 Å². The van der Waals surface area contributed by atoms with Gasteiger partial charge in [-0.2, -0.15) is 0 Å². The zero-order chi connectivity index (χ0) is 17.7. The number of hydrogen-bond donors (Lipinski definition) is 2. The van der Waals surface area contributed by atoms with Crippen molar-refractivity contribution in [3.63, 3.8) is 0 Å². The van der Waals surface area contributed by atoms with Crippen molar-refractivity contribution in [3.05, 3.63) is 17.7 Å². The fraction of sp³-hybridized carbons (Fsp3) is 0.562. The van der Waals surface area contributed by atoms with Gasteiger partial charge in [-0.1, -0.05) is 13.3 Å². The van der Waals surface area contributed by atoms with Crippen LogP contribution < -0.4 is 14.8 Å². The molecule has 3 N–H and O–H groups in total. The van der Waals surface area contributed by atoms with Gasteiger partial charge in [0.2, 0.25) is 10.0 Å². The molecule has 0 atom stereocenters. The summed E-state index contributed by atoms with van der Waals surface area (Å²) in [5.74, 6) is -1.03. The highest BCUT2D eigenvalue weighted by Crippen LogP contribution is 2.37. The Kier molecular flexibility index (Phi) is 6.06. The molecule has 1 heterocycles. The average molecular weight is 356 g/mol. The number of ether oxygens (including phenoxy) is 1. The van der Waals surface area contributed by atoms with Crippen LogP contribution in [0.25, 0.3) is 0 Å². The topological polar surface area (TPSA) is 110 Å². The number of nitrogens with zero attached hydrogens (tertiary/aromatic N) is 1. The summed E-state index contributed by atoms with van der Waals surface area (Å²) in [6, 6.07) is 2.55. The maximum Gasteiger partial charge on any atom is 0.335 e. The van der Waals surface area contributed by atoms with E-state index >= 15 is 0 Å². The maximum atomic E-state index is 12.0. The molecule has 24 heavy (non-hydrogen) atoms. The quantitative estimate of drug-likeness (QED) is 0.725. The predicted octanol–water partition coefficient (Wildman–Crippen LogP) is 2.20. The van der Waals surface area contributed by atoms with Crippen LogP contribution in [0.3, 0.4) is 0 Å². The molecule has 0 radical (unpaired) electrons. The number of piperidine rings is 1. The number of benzene rings is 1. The second-order valence-electron chi connectivity index (χ2n) is 5.92. The molecule has 2 rings (SSSR count). The second kappa shape index (κ2) is 7.85. The van der Waals surface area contributed by atoms with Crippen molar-refractivity contribution >= 4 is 21.7 Å². The third kappa shape index (κ3) is 4.39.